The summed E-state index contributed by atoms with van der Waals surface area (Å²) in [4.78, 5) is 22.2. The topological polar surface area (TPSA) is 104 Å². The Balaban J connectivity index is 2.94. The van der Waals surface area contributed by atoms with Gasteiger partial charge in [0, 0.05) is 17.9 Å². The van der Waals surface area contributed by atoms with Gasteiger partial charge in [0.1, 0.15) is 6.54 Å². The molecule has 1 rings (SSSR count). The largest absolute Gasteiger partial charge is 0.480 e. The van der Waals surface area contributed by atoms with Crippen LogP contribution in [0.15, 0.2) is 18.2 Å². The minimum absolute atomic E-state index is 0.264. The number of carbonyl (C=O) groups is 2. The van der Waals surface area contributed by atoms with E-state index in [0.717, 1.165) is 0 Å². The molecule has 6 heteroatoms. The molecular formula is C11H15N3O3. The number of carbonyl (C=O) groups excluding carboxylic acids is 1. The van der Waals surface area contributed by atoms with Gasteiger partial charge < -0.3 is 21.5 Å². The summed E-state index contributed by atoms with van der Waals surface area (Å²) in [5.74, 6) is -1.27. The van der Waals surface area contributed by atoms with Crippen LogP contribution in [0.4, 0.5) is 11.4 Å². The van der Waals surface area contributed by atoms with Crippen molar-refractivity contribution in [3.8, 4) is 0 Å². The molecule has 0 saturated heterocycles. The molecule has 0 aliphatic carbocycles. The Bertz CT molecular complexity index is 432. The first-order valence-electron chi connectivity index (χ1n) is 5.18. The summed E-state index contributed by atoms with van der Waals surface area (Å²) in [7, 11) is 0. The van der Waals surface area contributed by atoms with Crippen molar-refractivity contribution in [3.63, 3.8) is 0 Å². The minimum atomic E-state index is -1.01. The van der Waals surface area contributed by atoms with E-state index in [0.29, 0.717) is 23.5 Å². The molecule has 0 atom stereocenters. The molecule has 0 unspecified atom stereocenters. The van der Waals surface area contributed by atoms with Crippen molar-refractivity contribution in [1.82, 2.24) is 5.32 Å². The molecule has 17 heavy (non-hydrogen) atoms. The third-order valence-corrected chi connectivity index (χ3v) is 2.06. The van der Waals surface area contributed by atoms with Crippen molar-refractivity contribution in [1.29, 1.82) is 0 Å². The highest BCUT2D eigenvalue weighted by Crippen LogP contribution is 2.19. The van der Waals surface area contributed by atoms with Crippen LogP contribution in [0, 0.1) is 0 Å². The van der Waals surface area contributed by atoms with Crippen LogP contribution in [0.3, 0.4) is 0 Å². The Kier molecular flexibility index (Phi) is 4.33. The molecule has 1 aromatic carbocycles. The third-order valence-electron chi connectivity index (χ3n) is 2.06. The minimum Gasteiger partial charge on any atom is -0.480 e. The molecule has 6 nitrogen and oxygen atoms in total. The molecule has 0 aliphatic rings. The average molecular weight is 237 g/mol. The maximum absolute atomic E-state index is 11.7. The number of hydrogen-bond acceptors (Lipinski definition) is 4. The van der Waals surface area contributed by atoms with Gasteiger partial charge in [0.15, 0.2) is 0 Å². The summed E-state index contributed by atoms with van der Waals surface area (Å²) < 4.78 is 0. The summed E-state index contributed by atoms with van der Waals surface area (Å²) in [5, 5.41) is 13.9. The Hall–Kier alpha value is -2.24. The van der Waals surface area contributed by atoms with E-state index >= 15 is 0 Å². The standard InChI is InChI=1S/C11H15N3O3/c1-2-13-11(17)8-4-3-7(12)5-9(8)14-6-10(15)16/h3-5,14H,2,6,12H2,1H3,(H,13,17)(H,15,16). The number of carboxylic acids is 1. The Morgan fingerprint density at radius 2 is 2.12 bits per heavy atom. The van der Waals surface area contributed by atoms with Gasteiger partial charge in [-0.2, -0.15) is 0 Å². The molecule has 0 saturated carbocycles. The van der Waals surface area contributed by atoms with Crippen LogP contribution >= 0.6 is 0 Å². The molecule has 0 spiro atoms. The zero-order valence-corrected chi connectivity index (χ0v) is 9.49. The molecule has 0 radical (unpaired) electrons. The van der Waals surface area contributed by atoms with Gasteiger partial charge in [-0.15, -0.1) is 0 Å². The van der Waals surface area contributed by atoms with Gasteiger partial charge >= 0.3 is 5.97 Å². The first-order chi connectivity index (χ1) is 8.04. The highest BCUT2D eigenvalue weighted by molar-refractivity contribution is 6.00. The maximum Gasteiger partial charge on any atom is 0.322 e. The van der Waals surface area contributed by atoms with Gasteiger partial charge in [0.05, 0.1) is 5.56 Å². The first-order valence-corrected chi connectivity index (χ1v) is 5.18. The van der Waals surface area contributed by atoms with E-state index in [1.807, 2.05) is 0 Å². The second-order valence-corrected chi connectivity index (χ2v) is 3.41. The lowest BCUT2D eigenvalue weighted by Gasteiger charge is -2.11. The fourth-order valence-corrected chi connectivity index (χ4v) is 1.33. The van der Waals surface area contributed by atoms with Crippen molar-refractivity contribution >= 4 is 23.3 Å². The summed E-state index contributed by atoms with van der Waals surface area (Å²) in [6.45, 7) is 2.04. The van der Waals surface area contributed by atoms with Crippen LogP contribution in [-0.4, -0.2) is 30.1 Å². The first kappa shape index (κ1) is 12.8. The highest BCUT2D eigenvalue weighted by Gasteiger charge is 2.11. The average Bonchev–Trinajstić information content (AvgIpc) is 2.26. The number of nitrogen functional groups attached to an aromatic ring is 1. The van der Waals surface area contributed by atoms with E-state index < -0.39 is 5.97 Å². The normalized spacial score (nSPS) is 9.71. The predicted octanol–water partition coefficient (Wildman–Crippen LogP) is 0.515. The molecule has 0 aliphatic heterocycles. The molecule has 0 aromatic heterocycles. The fourth-order valence-electron chi connectivity index (χ4n) is 1.33. The van der Waals surface area contributed by atoms with Crippen LogP contribution in [0.2, 0.25) is 0 Å². The van der Waals surface area contributed by atoms with Gasteiger partial charge in [-0.3, -0.25) is 9.59 Å². The maximum atomic E-state index is 11.7. The van der Waals surface area contributed by atoms with E-state index in [4.69, 9.17) is 10.8 Å². The van der Waals surface area contributed by atoms with Gasteiger partial charge in [-0.25, -0.2) is 0 Å². The molecule has 1 amide bonds. The molecule has 1 aromatic rings. The molecule has 5 N–H and O–H groups in total. The lowest BCUT2D eigenvalue weighted by Crippen LogP contribution is -2.24. The van der Waals surface area contributed by atoms with Gasteiger partial charge in [-0.1, -0.05) is 0 Å². The lowest BCUT2D eigenvalue weighted by atomic mass is 10.1. The Morgan fingerprint density at radius 1 is 1.41 bits per heavy atom. The van der Waals surface area contributed by atoms with E-state index in [9.17, 15) is 9.59 Å². The second kappa shape index (κ2) is 5.74. The van der Waals surface area contributed by atoms with Crippen LogP contribution < -0.4 is 16.4 Å². The number of rotatable bonds is 5. The summed E-state index contributed by atoms with van der Waals surface area (Å²) in [5.41, 5.74) is 6.84. The number of nitrogens with two attached hydrogens (primary N) is 1. The quantitative estimate of drug-likeness (QED) is 0.559. The summed E-state index contributed by atoms with van der Waals surface area (Å²) >= 11 is 0. The van der Waals surface area contributed by atoms with Crippen LogP contribution in [0.1, 0.15) is 17.3 Å². The van der Waals surface area contributed by atoms with E-state index in [2.05, 4.69) is 10.6 Å². The molecule has 0 heterocycles. The summed E-state index contributed by atoms with van der Waals surface area (Å²) in [6, 6.07) is 4.69. The zero-order valence-electron chi connectivity index (χ0n) is 9.49. The smallest absolute Gasteiger partial charge is 0.322 e. The fraction of sp³-hybridized carbons (Fsp3) is 0.273. The summed E-state index contributed by atoms with van der Waals surface area (Å²) in [6.07, 6.45) is 0. The number of aliphatic carboxylic acids is 1. The van der Waals surface area contributed by atoms with Crippen LogP contribution in [0.25, 0.3) is 0 Å². The van der Waals surface area contributed by atoms with E-state index in [1.165, 1.54) is 6.07 Å². The Labute approximate surface area is 98.8 Å². The number of anilines is 2. The van der Waals surface area contributed by atoms with Crippen LogP contribution in [-0.2, 0) is 4.79 Å². The molecular weight excluding hydrogens is 222 g/mol. The number of amides is 1. The molecule has 0 bridgehead atoms. The van der Waals surface area contributed by atoms with Gasteiger partial charge in [0.2, 0.25) is 0 Å². The lowest BCUT2D eigenvalue weighted by molar-refractivity contribution is -0.134. The van der Waals surface area contributed by atoms with Crippen molar-refractivity contribution in [2.75, 3.05) is 24.1 Å². The molecule has 0 fully saturated rings. The van der Waals surface area contributed by atoms with Gasteiger partial charge in [0.25, 0.3) is 5.91 Å². The van der Waals surface area contributed by atoms with Crippen molar-refractivity contribution in [3.05, 3.63) is 23.8 Å². The van der Waals surface area contributed by atoms with E-state index in [1.54, 1.807) is 19.1 Å². The van der Waals surface area contributed by atoms with Crippen LogP contribution in [0.5, 0.6) is 0 Å². The van der Waals surface area contributed by atoms with Crippen molar-refractivity contribution in [2.24, 2.45) is 0 Å². The third kappa shape index (κ3) is 3.67. The number of benzene rings is 1. The highest BCUT2D eigenvalue weighted by atomic mass is 16.4. The van der Waals surface area contributed by atoms with Crippen molar-refractivity contribution < 1.29 is 14.7 Å². The molecule has 92 valence electrons. The van der Waals surface area contributed by atoms with Crippen molar-refractivity contribution in [2.45, 2.75) is 6.92 Å². The number of nitrogens with one attached hydrogen (secondary N) is 2. The second-order valence-electron chi connectivity index (χ2n) is 3.41. The zero-order chi connectivity index (χ0) is 12.8. The van der Waals surface area contributed by atoms with E-state index in [-0.39, 0.29) is 12.5 Å². The van der Waals surface area contributed by atoms with Gasteiger partial charge in [-0.05, 0) is 25.1 Å². The Morgan fingerprint density at radius 3 is 2.71 bits per heavy atom. The number of hydrogen-bond donors (Lipinski definition) is 4. The number of carboxylic acid groups (broad SMARTS) is 1. The monoisotopic (exact) mass is 237 g/mol. The SMILES string of the molecule is CCNC(=O)c1ccc(N)cc1NCC(=O)O. The predicted molar refractivity (Wildman–Crippen MR) is 65.0 cm³/mol.